The number of allylic oxidation sites excluding steroid dienone is 4. The number of pyridine rings is 1. The van der Waals surface area contributed by atoms with Crippen LogP contribution in [-0.4, -0.2) is 9.38 Å². The SMILES string of the molecule is O=c1c2cc(-c3ccccc3)cc3c(-c4ccccc4)ccc(c32)c2nc3ccc(C4C=CC=CC4)cc3n12. The Kier molecular flexibility index (Phi) is 4.80. The molecule has 0 bridgehead atoms. The molecule has 7 aromatic rings. The van der Waals surface area contributed by atoms with E-state index in [1.807, 2.05) is 28.7 Å². The van der Waals surface area contributed by atoms with Crippen LogP contribution in [0, 0.1) is 0 Å². The summed E-state index contributed by atoms with van der Waals surface area (Å²) in [5, 5.41) is 3.76. The fourth-order valence-corrected chi connectivity index (χ4v) is 6.16. The van der Waals surface area contributed by atoms with Gasteiger partial charge in [-0.1, -0.05) is 97.1 Å². The molecule has 0 amide bonds. The number of imidazole rings is 1. The number of hydrogen-bond donors (Lipinski definition) is 0. The van der Waals surface area contributed by atoms with Gasteiger partial charge in [0.05, 0.1) is 11.0 Å². The maximum absolute atomic E-state index is 14.4. The third kappa shape index (κ3) is 3.37. The lowest BCUT2D eigenvalue weighted by molar-refractivity contribution is 0.855. The lowest BCUT2D eigenvalue weighted by Gasteiger charge is -2.15. The van der Waals surface area contributed by atoms with Gasteiger partial charge in [-0.3, -0.25) is 9.20 Å². The van der Waals surface area contributed by atoms with Gasteiger partial charge in [0.15, 0.2) is 0 Å². The van der Waals surface area contributed by atoms with Crippen molar-refractivity contribution in [2.75, 3.05) is 0 Å². The van der Waals surface area contributed by atoms with E-state index in [1.165, 1.54) is 5.56 Å². The minimum atomic E-state index is -0.0239. The molecule has 0 N–H and O–H groups in total. The van der Waals surface area contributed by atoms with Crippen molar-refractivity contribution in [2.45, 2.75) is 12.3 Å². The summed E-state index contributed by atoms with van der Waals surface area (Å²) in [6, 6.07) is 35.7. The quantitative estimate of drug-likeness (QED) is 0.244. The third-order valence-electron chi connectivity index (χ3n) is 8.07. The monoisotopic (exact) mass is 500 g/mol. The number of rotatable bonds is 3. The minimum absolute atomic E-state index is 0.0239. The van der Waals surface area contributed by atoms with E-state index in [1.54, 1.807) is 0 Å². The lowest BCUT2D eigenvalue weighted by atomic mass is 9.91. The summed E-state index contributed by atoms with van der Waals surface area (Å²) in [4.78, 5) is 19.4. The fraction of sp³-hybridized carbons (Fsp3) is 0.0556. The topological polar surface area (TPSA) is 34.4 Å². The summed E-state index contributed by atoms with van der Waals surface area (Å²) in [5.74, 6) is 0.304. The molecule has 3 heteroatoms. The summed E-state index contributed by atoms with van der Waals surface area (Å²) in [6.07, 6.45) is 9.57. The normalized spacial score (nSPS) is 15.2. The van der Waals surface area contributed by atoms with Gasteiger partial charge in [0, 0.05) is 22.1 Å². The van der Waals surface area contributed by atoms with Crippen molar-refractivity contribution in [2.24, 2.45) is 0 Å². The maximum Gasteiger partial charge on any atom is 0.264 e. The van der Waals surface area contributed by atoms with Crippen LogP contribution >= 0.6 is 0 Å². The van der Waals surface area contributed by atoms with Crippen LogP contribution in [0.2, 0.25) is 0 Å². The molecule has 8 rings (SSSR count). The first-order valence-corrected chi connectivity index (χ1v) is 13.4. The summed E-state index contributed by atoms with van der Waals surface area (Å²) < 4.78 is 1.83. The fourth-order valence-electron chi connectivity index (χ4n) is 6.16. The minimum Gasteiger partial charge on any atom is -0.268 e. The molecule has 3 nitrogen and oxygen atoms in total. The molecule has 0 saturated heterocycles. The largest absolute Gasteiger partial charge is 0.268 e. The first kappa shape index (κ1) is 22.0. The molecule has 1 aliphatic carbocycles. The molecular formula is C36H24N2O. The van der Waals surface area contributed by atoms with Crippen LogP contribution in [0.25, 0.3) is 60.5 Å². The Morgan fingerprint density at radius 2 is 1.46 bits per heavy atom. The summed E-state index contributed by atoms with van der Waals surface area (Å²) >= 11 is 0. The van der Waals surface area contributed by atoms with Crippen LogP contribution in [0.15, 0.2) is 132 Å². The second-order valence-electron chi connectivity index (χ2n) is 10.3. The van der Waals surface area contributed by atoms with Crippen molar-refractivity contribution in [1.29, 1.82) is 0 Å². The summed E-state index contributed by atoms with van der Waals surface area (Å²) in [5.41, 5.74) is 7.98. The zero-order valence-corrected chi connectivity index (χ0v) is 21.2. The third-order valence-corrected chi connectivity index (χ3v) is 8.07. The van der Waals surface area contributed by atoms with Gasteiger partial charge in [0.1, 0.15) is 5.65 Å². The van der Waals surface area contributed by atoms with Crippen molar-refractivity contribution in [3.8, 4) is 22.3 Å². The molecule has 39 heavy (non-hydrogen) atoms. The van der Waals surface area contributed by atoms with Gasteiger partial charge in [0.25, 0.3) is 5.56 Å². The van der Waals surface area contributed by atoms with Gasteiger partial charge in [-0.25, -0.2) is 4.98 Å². The van der Waals surface area contributed by atoms with E-state index in [9.17, 15) is 4.79 Å². The number of benzene rings is 5. The zero-order chi connectivity index (χ0) is 25.9. The highest BCUT2D eigenvalue weighted by atomic mass is 16.1. The Balaban J connectivity index is 1.50. The molecule has 1 unspecified atom stereocenters. The molecular weight excluding hydrogens is 476 g/mol. The van der Waals surface area contributed by atoms with Crippen LogP contribution in [0.4, 0.5) is 0 Å². The Labute approximate surface area is 225 Å². The maximum atomic E-state index is 14.4. The molecule has 184 valence electrons. The van der Waals surface area contributed by atoms with E-state index in [4.69, 9.17) is 4.98 Å². The standard InChI is InChI=1S/C36H24N2O/c39-36-31-21-27(24-12-6-2-7-13-24)20-30-28(25-14-8-3-9-15-25)17-18-29(34(30)31)35-37-32-19-16-26(22-33(32)38(35)36)23-10-4-1-5-11-23/h1-10,12-23H,11H2. The van der Waals surface area contributed by atoms with Crippen molar-refractivity contribution in [1.82, 2.24) is 9.38 Å². The van der Waals surface area contributed by atoms with Crippen molar-refractivity contribution < 1.29 is 0 Å². The molecule has 1 atom stereocenters. The molecule has 2 aromatic heterocycles. The second kappa shape index (κ2) is 8.50. The summed E-state index contributed by atoms with van der Waals surface area (Å²) in [6.45, 7) is 0. The molecule has 0 saturated carbocycles. The molecule has 2 heterocycles. The van der Waals surface area contributed by atoms with E-state index >= 15 is 0 Å². The van der Waals surface area contributed by atoms with Crippen LogP contribution in [0.3, 0.4) is 0 Å². The predicted octanol–water partition coefficient (Wildman–Crippen LogP) is 8.53. The van der Waals surface area contributed by atoms with Crippen LogP contribution in [0.5, 0.6) is 0 Å². The van der Waals surface area contributed by atoms with Gasteiger partial charge in [-0.15, -0.1) is 0 Å². The Morgan fingerprint density at radius 1 is 0.692 bits per heavy atom. The van der Waals surface area contributed by atoms with Gasteiger partial charge in [0.2, 0.25) is 0 Å². The molecule has 1 aliphatic rings. The smallest absolute Gasteiger partial charge is 0.264 e. The van der Waals surface area contributed by atoms with E-state index in [0.29, 0.717) is 5.92 Å². The molecule has 5 aromatic carbocycles. The number of nitrogens with zero attached hydrogens (tertiary/aromatic N) is 2. The highest BCUT2D eigenvalue weighted by molar-refractivity contribution is 6.20. The molecule has 0 fully saturated rings. The highest BCUT2D eigenvalue weighted by Crippen LogP contribution is 2.39. The van der Waals surface area contributed by atoms with E-state index in [2.05, 4.69) is 103 Å². The highest BCUT2D eigenvalue weighted by Gasteiger charge is 2.20. The van der Waals surface area contributed by atoms with Crippen molar-refractivity contribution in [3.63, 3.8) is 0 Å². The summed E-state index contributed by atoms with van der Waals surface area (Å²) in [7, 11) is 0. The lowest BCUT2D eigenvalue weighted by Crippen LogP contribution is -2.13. The Bertz CT molecular complexity index is 2160. The van der Waals surface area contributed by atoms with Crippen molar-refractivity contribution in [3.05, 3.63) is 143 Å². The first-order chi connectivity index (χ1) is 19.3. The van der Waals surface area contributed by atoms with Gasteiger partial charge in [-0.2, -0.15) is 0 Å². The zero-order valence-electron chi connectivity index (χ0n) is 21.2. The van der Waals surface area contributed by atoms with Crippen molar-refractivity contribution >= 4 is 38.2 Å². The average Bonchev–Trinajstić information content (AvgIpc) is 3.40. The Morgan fingerprint density at radius 3 is 2.23 bits per heavy atom. The number of fused-ring (bicyclic) bond motifs is 4. The van der Waals surface area contributed by atoms with Gasteiger partial charge < -0.3 is 0 Å². The molecule has 0 spiro atoms. The van der Waals surface area contributed by atoms with Crippen LogP contribution < -0.4 is 5.56 Å². The predicted molar refractivity (Wildman–Crippen MR) is 162 cm³/mol. The molecule has 0 radical (unpaired) electrons. The van der Waals surface area contributed by atoms with E-state index in [0.717, 1.165) is 66.9 Å². The van der Waals surface area contributed by atoms with Crippen LogP contribution in [-0.2, 0) is 0 Å². The molecule has 0 aliphatic heterocycles. The first-order valence-electron chi connectivity index (χ1n) is 13.4. The average molecular weight is 501 g/mol. The van der Waals surface area contributed by atoms with E-state index < -0.39 is 0 Å². The van der Waals surface area contributed by atoms with E-state index in [-0.39, 0.29) is 5.56 Å². The number of aromatic nitrogens is 2. The van der Waals surface area contributed by atoms with Crippen LogP contribution in [0.1, 0.15) is 17.9 Å². The van der Waals surface area contributed by atoms with Gasteiger partial charge in [-0.05, 0) is 70.0 Å². The second-order valence-corrected chi connectivity index (χ2v) is 10.3. The van der Waals surface area contributed by atoms with Gasteiger partial charge >= 0.3 is 0 Å². The Hall–Kier alpha value is -5.02. The number of hydrogen-bond acceptors (Lipinski definition) is 2.